The summed E-state index contributed by atoms with van der Waals surface area (Å²) >= 11 is 0. The van der Waals surface area contributed by atoms with Crippen LogP contribution in [0.3, 0.4) is 0 Å². The molecule has 2 nitrogen and oxygen atoms in total. The molecular formula is C11H21NO. The molecule has 1 aliphatic rings. The van der Waals surface area contributed by atoms with E-state index >= 15 is 0 Å². The highest BCUT2D eigenvalue weighted by Gasteiger charge is 2.34. The van der Waals surface area contributed by atoms with Crippen LogP contribution in [0.15, 0.2) is 0 Å². The molecule has 1 fully saturated rings. The van der Waals surface area contributed by atoms with Gasteiger partial charge in [0.1, 0.15) is 5.78 Å². The zero-order chi connectivity index (χ0) is 10.1. The van der Waals surface area contributed by atoms with E-state index in [-0.39, 0.29) is 17.4 Å². The standard InChI is InChI=1S/C11H21NO/c1-11(2,3)10(13)8-6-4-5-7-9(8)12/h8-9H,4-7,12H2,1-3H3/t8-,9+/m1/s1. The Morgan fingerprint density at radius 1 is 1.23 bits per heavy atom. The summed E-state index contributed by atoms with van der Waals surface area (Å²) in [5.74, 6) is 0.466. The molecule has 0 heterocycles. The Morgan fingerprint density at radius 3 is 2.23 bits per heavy atom. The van der Waals surface area contributed by atoms with Crippen molar-refractivity contribution in [2.75, 3.05) is 0 Å². The molecule has 0 aliphatic heterocycles. The molecule has 0 spiro atoms. The quantitative estimate of drug-likeness (QED) is 0.676. The molecule has 0 aromatic carbocycles. The van der Waals surface area contributed by atoms with E-state index in [1.54, 1.807) is 0 Å². The summed E-state index contributed by atoms with van der Waals surface area (Å²) in [6, 6.07) is 0.112. The summed E-state index contributed by atoms with van der Waals surface area (Å²) in [5, 5.41) is 0. The lowest BCUT2D eigenvalue weighted by atomic mass is 9.74. The van der Waals surface area contributed by atoms with Crippen molar-refractivity contribution < 1.29 is 4.79 Å². The summed E-state index contributed by atoms with van der Waals surface area (Å²) in [6.07, 6.45) is 4.37. The summed E-state index contributed by atoms with van der Waals surface area (Å²) < 4.78 is 0. The molecule has 1 rings (SSSR count). The van der Waals surface area contributed by atoms with Crippen LogP contribution in [0.4, 0.5) is 0 Å². The fourth-order valence-electron chi connectivity index (χ4n) is 2.04. The molecular weight excluding hydrogens is 162 g/mol. The number of hydrogen-bond acceptors (Lipinski definition) is 2. The highest BCUT2D eigenvalue weighted by atomic mass is 16.1. The Kier molecular flexibility index (Phi) is 3.12. The third kappa shape index (κ3) is 2.53. The van der Waals surface area contributed by atoms with Crippen molar-refractivity contribution in [3.63, 3.8) is 0 Å². The van der Waals surface area contributed by atoms with Crippen LogP contribution in [0.25, 0.3) is 0 Å². The number of Topliss-reactive ketones (excluding diaryl/α,β-unsaturated/α-hetero) is 1. The topological polar surface area (TPSA) is 43.1 Å². The highest BCUT2D eigenvalue weighted by molar-refractivity contribution is 5.86. The fourth-order valence-corrected chi connectivity index (χ4v) is 2.04. The summed E-state index contributed by atoms with van der Waals surface area (Å²) in [5.41, 5.74) is 5.73. The minimum atomic E-state index is -0.223. The maximum Gasteiger partial charge on any atom is 0.142 e. The van der Waals surface area contributed by atoms with E-state index in [2.05, 4.69) is 0 Å². The second-order valence-electron chi connectivity index (χ2n) is 5.17. The van der Waals surface area contributed by atoms with Crippen molar-refractivity contribution in [3.8, 4) is 0 Å². The Balaban J connectivity index is 2.64. The highest BCUT2D eigenvalue weighted by Crippen LogP contribution is 2.30. The van der Waals surface area contributed by atoms with Gasteiger partial charge in [-0.05, 0) is 12.8 Å². The van der Waals surface area contributed by atoms with Gasteiger partial charge in [-0.15, -0.1) is 0 Å². The van der Waals surface area contributed by atoms with Crippen molar-refractivity contribution in [1.29, 1.82) is 0 Å². The number of rotatable bonds is 1. The number of ketones is 1. The third-order valence-electron chi connectivity index (χ3n) is 2.90. The molecule has 0 aromatic rings. The van der Waals surface area contributed by atoms with Crippen molar-refractivity contribution in [2.45, 2.75) is 52.5 Å². The van der Waals surface area contributed by atoms with Gasteiger partial charge in [-0.1, -0.05) is 33.6 Å². The van der Waals surface area contributed by atoms with Crippen LogP contribution in [0, 0.1) is 11.3 Å². The first-order valence-electron chi connectivity index (χ1n) is 5.23. The van der Waals surface area contributed by atoms with Crippen LogP contribution in [0.2, 0.25) is 0 Å². The van der Waals surface area contributed by atoms with Gasteiger partial charge in [-0.25, -0.2) is 0 Å². The van der Waals surface area contributed by atoms with Gasteiger partial charge in [0.15, 0.2) is 0 Å². The van der Waals surface area contributed by atoms with E-state index in [9.17, 15) is 4.79 Å². The molecule has 1 saturated carbocycles. The van der Waals surface area contributed by atoms with Crippen LogP contribution < -0.4 is 5.73 Å². The normalized spacial score (nSPS) is 30.2. The third-order valence-corrected chi connectivity index (χ3v) is 2.90. The average molecular weight is 183 g/mol. The molecule has 2 heteroatoms. The Labute approximate surface area is 80.9 Å². The first kappa shape index (κ1) is 10.7. The van der Waals surface area contributed by atoms with Crippen LogP contribution in [0.5, 0.6) is 0 Å². The molecule has 0 radical (unpaired) electrons. The largest absolute Gasteiger partial charge is 0.327 e. The van der Waals surface area contributed by atoms with Crippen molar-refractivity contribution >= 4 is 5.78 Å². The molecule has 0 saturated heterocycles. The molecule has 2 N–H and O–H groups in total. The lowest BCUT2D eigenvalue weighted by molar-refractivity contribution is -0.131. The molecule has 0 amide bonds. The molecule has 76 valence electrons. The summed E-state index contributed by atoms with van der Waals surface area (Å²) in [6.45, 7) is 5.95. The van der Waals surface area contributed by atoms with E-state index in [1.807, 2.05) is 20.8 Å². The van der Waals surface area contributed by atoms with Gasteiger partial charge in [-0.2, -0.15) is 0 Å². The smallest absolute Gasteiger partial charge is 0.142 e. The molecule has 0 aromatic heterocycles. The average Bonchev–Trinajstić information content (AvgIpc) is 2.02. The molecule has 13 heavy (non-hydrogen) atoms. The van der Waals surface area contributed by atoms with Gasteiger partial charge in [0.2, 0.25) is 0 Å². The predicted molar refractivity (Wildman–Crippen MR) is 54.4 cm³/mol. The Morgan fingerprint density at radius 2 is 1.77 bits per heavy atom. The molecule has 2 atom stereocenters. The van der Waals surface area contributed by atoms with Crippen LogP contribution in [-0.4, -0.2) is 11.8 Å². The summed E-state index contributed by atoms with van der Waals surface area (Å²) in [7, 11) is 0. The number of carbonyl (C=O) groups is 1. The first-order valence-corrected chi connectivity index (χ1v) is 5.23. The van der Waals surface area contributed by atoms with Gasteiger partial charge in [0, 0.05) is 17.4 Å². The minimum absolute atomic E-state index is 0.112. The van der Waals surface area contributed by atoms with Crippen LogP contribution >= 0.6 is 0 Å². The second-order valence-corrected chi connectivity index (χ2v) is 5.17. The number of nitrogens with two attached hydrogens (primary N) is 1. The van der Waals surface area contributed by atoms with Gasteiger partial charge >= 0.3 is 0 Å². The maximum absolute atomic E-state index is 12.0. The second kappa shape index (κ2) is 3.79. The van der Waals surface area contributed by atoms with Gasteiger partial charge in [0.05, 0.1) is 0 Å². The van der Waals surface area contributed by atoms with E-state index in [0.29, 0.717) is 5.78 Å². The van der Waals surface area contributed by atoms with E-state index in [4.69, 9.17) is 5.73 Å². The van der Waals surface area contributed by atoms with Crippen LogP contribution in [-0.2, 0) is 4.79 Å². The summed E-state index contributed by atoms with van der Waals surface area (Å²) in [4.78, 5) is 12.0. The Bertz CT molecular complexity index is 193. The fraction of sp³-hybridized carbons (Fsp3) is 0.909. The number of hydrogen-bond donors (Lipinski definition) is 1. The van der Waals surface area contributed by atoms with Gasteiger partial charge < -0.3 is 5.73 Å². The van der Waals surface area contributed by atoms with E-state index in [0.717, 1.165) is 12.8 Å². The SMILES string of the molecule is CC(C)(C)C(=O)[C@@H]1CCCC[C@@H]1N. The van der Waals surface area contributed by atoms with Crippen molar-refractivity contribution in [2.24, 2.45) is 17.1 Å². The monoisotopic (exact) mass is 183 g/mol. The zero-order valence-electron chi connectivity index (χ0n) is 8.97. The first-order chi connectivity index (χ1) is 5.93. The van der Waals surface area contributed by atoms with Gasteiger partial charge in [0.25, 0.3) is 0 Å². The van der Waals surface area contributed by atoms with Crippen molar-refractivity contribution in [3.05, 3.63) is 0 Å². The maximum atomic E-state index is 12.0. The predicted octanol–water partition coefficient (Wildman–Crippen LogP) is 2.12. The lowest BCUT2D eigenvalue weighted by Crippen LogP contribution is -2.42. The molecule has 0 bridgehead atoms. The minimum Gasteiger partial charge on any atom is -0.327 e. The number of carbonyl (C=O) groups excluding carboxylic acids is 1. The van der Waals surface area contributed by atoms with E-state index < -0.39 is 0 Å². The van der Waals surface area contributed by atoms with Crippen molar-refractivity contribution in [1.82, 2.24) is 0 Å². The molecule has 1 aliphatic carbocycles. The van der Waals surface area contributed by atoms with Gasteiger partial charge in [-0.3, -0.25) is 4.79 Å². The zero-order valence-corrected chi connectivity index (χ0v) is 8.97. The lowest BCUT2D eigenvalue weighted by Gasteiger charge is -2.32. The molecule has 0 unspecified atom stereocenters. The van der Waals surface area contributed by atoms with E-state index in [1.165, 1.54) is 12.8 Å². The van der Waals surface area contributed by atoms with Crippen LogP contribution in [0.1, 0.15) is 46.5 Å². The Hall–Kier alpha value is -0.370.